The van der Waals surface area contributed by atoms with Gasteiger partial charge in [-0.15, -0.1) is 5.92 Å². The third-order valence-corrected chi connectivity index (χ3v) is 10.0. The number of carboxylic acid groups (broad SMARTS) is 1. The minimum Gasteiger partial charge on any atom is -0.546 e. The summed E-state index contributed by atoms with van der Waals surface area (Å²) in [4.78, 5) is 23.5. The minimum absolute atomic E-state index is 0.0600. The minimum atomic E-state index is -1.42. The topological polar surface area (TPSA) is 253 Å². The van der Waals surface area contributed by atoms with E-state index in [1.807, 2.05) is 0 Å². The Morgan fingerprint density at radius 1 is 0.443 bits per heavy atom. The van der Waals surface area contributed by atoms with E-state index in [1.54, 1.807) is 53.4 Å². The molecule has 0 saturated carbocycles. The number of benzene rings is 2. The lowest BCUT2D eigenvalue weighted by molar-refractivity contribution is -0.307. The van der Waals surface area contributed by atoms with Crippen molar-refractivity contribution in [2.75, 3.05) is 220 Å². The fraction of sp³-hybridized carbons (Fsp3) is 0.679. The molecule has 0 amide bonds. The van der Waals surface area contributed by atoms with E-state index in [2.05, 4.69) is 23.7 Å². The molecule has 1 N–H and O–H groups in total. The molecule has 79 heavy (non-hydrogen) atoms. The van der Waals surface area contributed by atoms with Crippen LogP contribution in [-0.2, 0) is 80.6 Å². The summed E-state index contributed by atoms with van der Waals surface area (Å²) >= 11 is 0. The number of carbonyl (C=O) groups excluding carboxylic acids is 2. The third-order valence-electron chi connectivity index (χ3n) is 10.0. The lowest BCUT2D eigenvalue weighted by Gasteiger charge is -2.23. The van der Waals surface area contributed by atoms with Gasteiger partial charge in [0.1, 0.15) is 48.4 Å². The lowest BCUT2D eigenvalue weighted by atomic mass is 10.1. The first-order valence-corrected chi connectivity index (χ1v) is 26.2. The van der Waals surface area contributed by atoms with Gasteiger partial charge in [0.2, 0.25) is 0 Å². The number of rotatable bonds is 53. The van der Waals surface area contributed by atoms with Gasteiger partial charge in [-0.2, -0.15) is 0 Å². The number of ketones is 1. The van der Waals surface area contributed by atoms with Crippen LogP contribution >= 0.6 is 0 Å². The number of aliphatic carboxylic acids is 1. The molecule has 0 spiro atoms. The van der Waals surface area contributed by atoms with E-state index < -0.39 is 24.8 Å². The summed E-state index contributed by atoms with van der Waals surface area (Å²) in [7, 11) is 4.82. The Balaban J connectivity index is 2.60. The van der Waals surface area contributed by atoms with Gasteiger partial charge in [0.15, 0.2) is 5.78 Å². The molecule has 23 nitrogen and oxygen atoms in total. The number of carboxylic acids is 1. The molecular formula is C56H85O23-. The predicted octanol–water partition coefficient (Wildman–Crippen LogP) is 1.49. The maximum absolute atomic E-state index is 12.1. The first kappa shape index (κ1) is 70.4. The molecule has 2 aromatic carbocycles. The number of hydrogen-bond acceptors (Lipinski definition) is 23. The Labute approximate surface area is 466 Å². The number of carbonyl (C=O) groups is 2. The van der Waals surface area contributed by atoms with Gasteiger partial charge in [-0.3, -0.25) is 4.79 Å². The van der Waals surface area contributed by atoms with Crippen LogP contribution in [0.25, 0.3) is 0 Å². The van der Waals surface area contributed by atoms with E-state index in [-0.39, 0.29) is 114 Å². The van der Waals surface area contributed by atoms with E-state index in [9.17, 15) is 14.7 Å². The molecule has 0 saturated heterocycles. The van der Waals surface area contributed by atoms with Crippen molar-refractivity contribution in [2.45, 2.75) is 33.0 Å². The fourth-order valence-electron chi connectivity index (χ4n) is 6.27. The zero-order chi connectivity index (χ0) is 57.2. The SMILES string of the molecule is CC#Cc1cc(OC(COCCOCCOCCO)COCCOCCOCCOC)c(C#Cc2cc(OCC(=O)[O-])c(C)cc2OCC(C)=O)cc1OC(COCCOCCOCCOC)COCCOCCOCCOC. The summed E-state index contributed by atoms with van der Waals surface area (Å²) in [5.41, 5.74) is 1.57. The van der Waals surface area contributed by atoms with Crippen molar-refractivity contribution in [3.05, 3.63) is 46.5 Å². The van der Waals surface area contributed by atoms with Gasteiger partial charge in [-0.1, -0.05) is 17.8 Å². The summed E-state index contributed by atoms with van der Waals surface area (Å²) < 4.78 is 108. The maximum atomic E-state index is 12.1. The first-order valence-electron chi connectivity index (χ1n) is 26.2. The Kier molecular flexibility index (Phi) is 43.7. The molecule has 2 aromatic rings. The fourth-order valence-corrected chi connectivity index (χ4v) is 6.27. The molecule has 0 aromatic heterocycles. The number of aliphatic hydroxyl groups is 1. The molecule has 0 aliphatic carbocycles. The van der Waals surface area contributed by atoms with Crippen molar-refractivity contribution in [3.8, 4) is 46.7 Å². The third kappa shape index (κ3) is 37.0. The van der Waals surface area contributed by atoms with Crippen molar-refractivity contribution >= 4 is 11.8 Å². The Morgan fingerprint density at radius 3 is 1.10 bits per heavy atom. The van der Waals surface area contributed by atoms with Crippen molar-refractivity contribution < 1.29 is 110 Å². The molecule has 0 radical (unpaired) electrons. The van der Waals surface area contributed by atoms with Crippen LogP contribution in [0.1, 0.15) is 36.1 Å². The summed E-state index contributed by atoms with van der Waals surface area (Å²) in [6, 6.07) is 6.51. The average molecular weight is 1130 g/mol. The summed E-state index contributed by atoms with van der Waals surface area (Å²) in [6.07, 6.45) is -1.39. The Hall–Kier alpha value is -4.74. The second-order valence-corrected chi connectivity index (χ2v) is 16.6. The van der Waals surface area contributed by atoms with E-state index in [4.69, 9.17) is 95.1 Å². The molecular weight excluding hydrogens is 1040 g/mol. The molecule has 0 fully saturated rings. The smallest absolute Gasteiger partial charge is 0.167 e. The predicted molar refractivity (Wildman–Crippen MR) is 284 cm³/mol. The first-order chi connectivity index (χ1) is 38.6. The standard InChI is InChI=1S/C56H86O23/c1-7-8-47-37-55(79-51(42-74-31-27-68-20-19-64-12-11-57)43-75-34-30-71-26-23-67-18-15-63-6)49(10-9-48-36-52(77-44-56(59)60)45(2)35-53(48)76-39-46(3)58)38-54(47)78-50(40-72-32-28-69-24-21-65-16-13-61-4)41-73-33-29-70-25-22-66-17-14-62-5/h35-38,50-51,57H,11-34,39-44H2,1-6H3,(H,59,60)/p-1. The number of Topliss-reactive ketones (excluding diaryl/α,β-unsaturated/α-hetero) is 1. The van der Waals surface area contributed by atoms with E-state index in [0.717, 1.165) is 0 Å². The van der Waals surface area contributed by atoms with Crippen LogP contribution in [0.5, 0.6) is 23.0 Å². The monoisotopic (exact) mass is 1130 g/mol. The number of aliphatic hydroxyl groups excluding tert-OH is 1. The maximum Gasteiger partial charge on any atom is 0.167 e. The molecule has 1 unspecified atom stereocenters. The van der Waals surface area contributed by atoms with Crippen LogP contribution in [0.2, 0.25) is 0 Å². The van der Waals surface area contributed by atoms with Gasteiger partial charge in [-0.25, -0.2) is 0 Å². The number of hydrogen-bond donors (Lipinski definition) is 1. The number of aryl methyl sites for hydroxylation is 1. The van der Waals surface area contributed by atoms with Gasteiger partial charge >= 0.3 is 0 Å². The molecule has 448 valence electrons. The summed E-state index contributed by atoms with van der Waals surface area (Å²) in [5, 5.41) is 20.4. The van der Waals surface area contributed by atoms with Crippen LogP contribution in [0.3, 0.4) is 0 Å². The van der Waals surface area contributed by atoms with Gasteiger partial charge in [-0.05, 0) is 38.5 Å². The lowest BCUT2D eigenvalue weighted by Crippen LogP contribution is -2.31. The highest BCUT2D eigenvalue weighted by atomic mass is 16.6. The zero-order valence-corrected chi connectivity index (χ0v) is 47.1. The molecule has 0 bridgehead atoms. The van der Waals surface area contributed by atoms with Crippen molar-refractivity contribution in [2.24, 2.45) is 0 Å². The van der Waals surface area contributed by atoms with Gasteiger partial charge in [0, 0.05) is 33.5 Å². The van der Waals surface area contributed by atoms with Gasteiger partial charge < -0.3 is 105 Å². The van der Waals surface area contributed by atoms with E-state index >= 15 is 0 Å². The van der Waals surface area contributed by atoms with Crippen molar-refractivity contribution in [1.82, 2.24) is 0 Å². The van der Waals surface area contributed by atoms with Gasteiger partial charge in [0.25, 0.3) is 0 Å². The number of methoxy groups -OCH3 is 3. The van der Waals surface area contributed by atoms with Crippen LogP contribution < -0.4 is 24.1 Å². The molecule has 0 aliphatic heterocycles. The van der Waals surface area contributed by atoms with Crippen LogP contribution in [0.15, 0.2) is 24.3 Å². The zero-order valence-electron chi connectivity index (χ0n) is 47.1. The largest absolute Gasteiger partial charge is 0.546 e. The highest BCUT2D eigenvalue weighted by Gasteiger charge is 2.21. The molecule has 23 heteroatoms. The molecule has 2 rings (SSSR count). The quantitative estimate of drug-likeness (QED) is 0.0728. The second kappa shape index (κ2) is 49.1. The van der Waals surface area contributed by atoms with Gasteiger partial charge in [0.05, 0.1) is 208 Å². The second-order valence-electron chi connectivity index (χ2n) is 16.6. The van der Waals surface area contributed by atoms with Crippen molar-refractivity contribution in [1.29, 1.82) is 0 Å². The normalized spacial score (nSPS) is 11.5. The van der Waals surface area contributed by atoms with E-state index in [1.165, 1.54) is 13.0 Å². The molecule has 1 atom stereocenters. The van der Waals surface area contributed by atoms with Crippen molar-refractivity contribution in [3.63, 3.8) is 0 Å². The summed E-state index contributed by atoms with van der Waals surface area (Å²) in [5.74, 6) is 11.8. The Morgan fingerprint density at radius 2 is 0.759 bits per heavy atom. The highest BCUT2D eigenvalue weighted by molar-refractivity contribution is 5.77. The van der Waals surface area contributed by atoms with Crippen LogP contribution in [0.4, 0.5) is 0 Å². The summed E-state index contributed by atoms with van der Waals surface area (Å²) in [6.45, 7) is 12.2. The molecule has 0 heterocycles. The average Bonchev–Trinajstić information content (AvgIpc) is 3.44. The molecule has 0 aliphatic rings. The number of ether oxygens (including phenoxy) is 19. The van der Waals surface area contributed by atoms with E-state index in [0.29, 0.717) is 128 Å². The Bertz CT molecular complexity index is 1970. The highest BCUT2D eigenvalue weighted by Crippen LogP contribution is 2.32. The van der Waals surface area contributed by atoms with Crippen LogP contribution in [-0.4, -0.2) is 249 Å². The van der Waals surface area contributed by atoms with Crippen LogP contribution in [0, 0.1) is 30.6 Å².